The lowest BCUT2D eigenvalue weighted by Gasteiger charge is -2.18. The van der Waals surface area contributed by atoms with E-state index in [9.17, 15) is 4.79 Å². The number of nitrogens with two attached hydrogens (primary N) is 1. The summed E-state index contributed by atoms with van der Waals surface area (Å²) in [7, 11) is 1.74. The van der Waals surface area contributed by atoms with E-state index in [0.29, 0.717) is 24.4 Å². The van der Waals surface area contributed by atoms with E-state index in [0.717, 1.165) is 10.2 Å². The second-order valence-corrected chi connectivity index (χ2v) is 5.53. The van der Waals surface area contributed by atoms with E-state index in [1.54, 1.807) is 30.1 Å². The minimum absolute atomic E-state index is 0.104. The standard InChI is InChI=1S/C16H17BrN2O2/c1-19(16(20)14-4-2-3-5-15(14)18)10-11-21-13-8-6-12(17)7-9-13/h2-9H,10-11,18H2,1H3. The van der Waals surface area contributed by atoms with Gasteiger partial charge in [-0.25, -0.2) is 0 Å². The number of ether oxygens (including phenoxy) is 1. The molecule has 0 spiro atoms. The molecule has 0 heterocycles. The Labute approximate surface area is 132 Å². The first-order valence-electron chi connectivity index (χ1n) is 6.56. The zero-order chi connectivity index (χ0) is 15.2. The van der Waals surface area contributed by atoms with Crippen molar-refractivity contribution in [1.82, 2.24) is 4.90 Å². The maximum Gasteiger partial charge on any atom is 0.255 e. The van der Waals surface area contributed by atoms with E-state index in [-0.39, 0.29) is 5.91 Å². The van der Waals surface area contributed by atoms with Crippen LogP contribution in [0.15, 0.2) is 53.0 Å². The molecule has 2 rings (SSSR count). The Morgan fingerprint density at radius 1 is 1.19 bits per heavy atom. The Balaban J connectivity index is 1.87. The quantitative estimate of drug-likeness (QED) is 0.844. The molecule has 0 saturated heterocycles. The molecular formula is C16H17BrN2O2. The minimum Gasteiger partial charge on any atom is -0.492 e. The van der Waals surface area contributed by atoms with Crippen LogP contribution in [0, 0.1) is 0 Å². The summed E-state index contributed by atoms with van der Waals surface area (Å²) < 4.78 is 6.60. The van der Waals surface area contributed by atoms with Crippen molar-refractivity contribution in [3.05, 3.63) is 58.6 Å². The highest BCUT2D eigenvalue weighted by Gasteiger charge is 2.13. The number of hydrogen-bond donors (Lipinski definition) is 1. The van der Waals surface area contributed by atoms with Crippen molar-refractivity contribution in [1.29, 1.82) is 0 Å². The fraction of sp³-hybridized carbons (Fsp3) is 0.188. The van der Waals surface area contributed by atoms with E-state index in [1.165, 1.54) is 0 Å². The highest BCUT2D eigenvalue weighted by Crippen LogP contribution is 2.16. The molecule has 0 saturated carbocycles. The first kappa shape index (κ1) is 15.4. The smallest absolute Gasteiger partial charge is 0.255 e. The number of para-hydroxylation sites is 1. The van der Waals surface area contributed by atoms with Gasteiger partial charge in [0.05, 0.1) is 12.1 Å². The van der Waals surface area contributed by atoms with Gasteiger partial charge >= 0.3 is 0 Å². The molecule has 0 fully saturated rings. The highest BCUT2D eigenvalue weighted by atomic mass is 79.9. The second kappa shape index (κ2) is 7.13. The summed E-state index contributed by atoms with van der Waals surface area (Å²) in [5.74, 6) is 0.672. The summed E-state index contributed by atoms with van der Waals surface area (Å²) in [6.07, 6.45) is 0. The lowest BCUT2D eigenvalue weighted by Crippen LogP contribution is -2.31. The summed E-state index contributed by atoms with van der Waals surface area (Å²) >= 11 is 3.37. The summed E-state index contributed by atoms with van der Waals surface area (Å²) in [5.41, 5.74) is 6.82. The molecule has 0 aliphatic carbocycles. The second-order valence-electron chi connectivity index (χ2n) is 4.62. The molecule has 5 heteroatoms. The van der Waals surface area contributed by atoms with Crippen molar-refractivity contribution in [2.75, 3.05) is 25.9 Å². The van der Waals surface area contributed by atoms with Crippen molar-refractivity contribution < 1.29 is 9.53 Å². The number of carbonyl (C=O) groups excluding carboxylic acids is 1. The predicted molar refractivity (Wildman–Crippen MR) is 87.5 cm³/mol. The van der Waals surface area contributed by atoms with Crippen LogP contribution in [0.4, 0.5) is 5.69 Å². The van der Waals surface area contributed by atoms with E-state index in [4.69, 9.17) is 10.5 Å². The fourth-order valence-corrected chi connectivity index (χ4v) is 2.09. The van der Waals surface area contributed by atoms with Crippen LogP contribution in [0.2, 0.25) is 0 Å². The van der Waals surface area contributed by atoms with E-state index in [2.05, 4.69) is 15.9 Å². The normalized spacial score (nSPS) is 10.2. The highest BCUT2D eigenvalue weighted by molar-refractivity contribution is 9.10. The molecule has 2 N–H and O–H groups in total. The van der Waals surface area contributed by atoms with Gasteiger partial charge in [0.15, 0.2) is 0 Å². The Kier molecular flexibility index (Phi) is 5.22. The SMILES string of the molecule is CN(CCOc1ccc(Br)cc1)C(=O)c1ccccc1N. The Bertz CT molecular complexity index is 614. The number of rotatable bonds is 5. The minimum atomic E-state index is -0.104. The third-order valence-corrected chi connectivity index (χ3v) is 3.58. The zero-order valence-electron chi connectivity index (χ0n) is 11.8. The molecule has 0 atom stereocenters. The number of amides is 1. The number of halogens is 1. The molecule has 0 bridgehead atoms. The molecule has 0 radical (unpaired) electrons. The van der Waals surface area contributed by atoms with Gasteiger partial charge < -0.3 is 15.4 Å². The number of nitrogen functional groups attached to an aromatic ring is 1. The van der Waals surface area contributed by atoms with Crippen molar-refractivity contribution in [3.8, 4) is 5.75 Å². The molecular weight excluding hydrogens is 332 g/mol. The van der Waals surface area contributed by atoms with Crippen molar-refractivity contribution in [2.45, 2.75) is 0 Å². The van der Waals surface area contributed by atoms with Crippen LogP contribution >= 0.6 is 15.9 Å². The molecule has 1 amide bonds. The van der Waals surface area contributed by atoms with Gasteiger partial charge in [-0.05, 0) is 36.4 Å². The summed E-state index contributed by atoms with van der Waals surface area (Å²) in [6, 6.07) is 14.6. The third-order valence-electron chi connectivity index (χ3n) is 3.05. The van der Waals surface area contributed by atoms with Gasteiger partial charge in [0.1, 0.15) is 12.4 Å². The van der Waals surface area contributed by atoms with Crippen molar-refractivity contribution >= 4 is 27.5 Å². The van der Waals surface area contributed by atoms with Gasteiger partial charge in [-0.2, -0.15) is 0 Å². The number of benzene rings is 2. The van der Waals surface area contributed by atoms with E-state index in [1.807, 2.05) is 30.3 Å². The average Bonchev–Trinajstić information content (AvgIpc) is 2.49. The molecule has 21 heavy (non-hydrogen) atoms. The van der Waals surface area contributed by atoms with Gasteiger partial charge in [0, 0.05) is 17.2 Å². The number of nitrogens with zero attached hydrogens (tertiary/aromatic N) is 1. The van der Waals surface area contributed by atoms with Crippen LogP contribution in [0.3, 0.4) is 0 Å². The molecule has 110 valence electrons. The predicted octanol–water partition coefficient (Wildman–Crippen LogP) is 3.18. The molecule has 0 aliphatic heterocycles. The molecule has 0 aromatic heterocycles. The van der Waals surface area contributed by atoms with Gasteiger partial charge in [0.25, 0.3) is 5.91 Å². The summed E-state index contributed by atoms with van der Waals surface area (Å²) in [4.78, 5) is 13.8. The Morgan fingerprint density at radius 2 is 1.86 bits per heavy atom. The molecule has 0 unspecified atom stereocenters. The van der Waals surface area contributed by atoms with E-state index < -0.39 is 0 Å². The molecule has 2 aromatic carbocycles. The zero-order valence-corrected chi connectivity index (χ0v) is 13.3. The van der Waals surface area contributed by atoms with Gasteiger partial charge in [-0.15, -0.1) is 0 Å². The lowest BCUT2D eigenvalue weighted by molar-refractivity contribution is 0.0775. The number of likely N-dealkylation sites (N-methyl/N-ethyl adjacent to an activating group) is 1. The third kappa shape index (κ3) is 4.23. The van der Waals surface area contributed by atoms with Gasteiger partial charge in [-0.1, -0.05) is 28.1 Å². The first-order valence-corrected chi connectivity index (χ1v) is 7.35. The van der Waals surface area contributed by atoms with Crippen LogP contribution in [-0.2, 0) is 0 Å². The number of hydrogen-bond acceptors (Lipinski definition) is 3. The first-order chi connectivity index (χ1) is 10.1. The van der Waals surface area contributed by atoms with Crippen LogP contribution in [0.1, 0.15) is 10.4 Å². The maximum atomic E-state index is 12.2. The van der Waals surface area contributed by atoms with Crippen LogP contribution in [-0.4, -0.2) is 31.0 Å². The topological polar surface area (TPSA) is 55.6 Å². The maximum absolute atomic E-state index is 12.2. The Morgan fingerprint density at radius 3 is 2.52 bits per heavy atom. The molecule has 2 aromatic rings. The molecule has 4 nitrogen and oxygen atoms in total. The van der Waals surface area contributed by atoms with Gasteiger partial charge in [-0.3, -0.25) is 4.79 Å². The monoisotopic (exact) mass is 348 g/mol. The van der Waals surface area contributed by atoms with Crippen molar-refractivity contribution in [3.63, 3.8) is 0 Å². The average molecular weight is 349 g/mol. The Hall–Kier alpha value is -2.01. The largest absolute Gasteiger partial charge is 0.492 e. The van der Waals surface area contributed by atoms with Crippen molar-refractivity contribution in [2.24, 2.45) is 0 Å². The van der Waals surface area contributed by atoms with Crippen LogP contribution < -0.4 is 10.5 Å². The number of anilines is 1. The lowest BCUT2D eigenvalue weighted by atomic mass is 10.1. The van der Waals surface area contributed by atoms with E-state index >= 15 is 0 Å². The molecule has 0 aliphatic rings. The van der Waals surface area contributed by atoms with Crippen LogP contribution in [0.25, 0.3) is 0 Å². The van der Waals surface area contributed by atoms with Crippen LogP contribution in [0.5, 0.6) is 5.75 Å². The number of carbonyl (C=O) groups is 1. The van der Waals surface area contributed by atoms with Gasteiger partial charge in [0.2, 0.25) is 0 Å². The fourth-order valence-electron chi connectivity index (χ4n) is 1.83. The summed E-state index contributed by atoms with van der Waals surface area (Å²) in [6.45, 7) is 0.917. The summed E-state index contributed by atoms with van der Waals surface area (Å²) in [5, 5.41) is 0.